The van der Waals surface area contributed by atoms with Gasteiger partial charge in [0.2, 0.25) is 0 Å². The van der Waals surface area contributed by atoms with E-state index in [9.17, 15) is 5.11 Å². The van der Waals surface area contributed by atoms with Gasteiger partial charge in [-0.2, -0.15) is 0 Å². The summed E-state index contributed by atoms with van der Waals surface area (Å²) in [6.07, 6.45) is 13.4. The van der Waals surface area contributed by atoms with Crippen LogP contribution in [-0.2, 0) is 0 Å². The average molecular weight is 267 g/mol. The van der Waals surface area contributed by atoms with Gasteiger partial charge in [-0.15, -0.1) is 0 Å². The summed E-state index contributed by atoms with van der Waals surface area (Å²) < 4.78 is 0. The van der Waals surface area contributed by atoms with Crippen molar-refractivity contribution in [2.75, 3.05) is 20.2 Å². The van der Waals surface area contributed by atoms with Gasteiger partial charge in [0.05, 0.1) is 0 Å². The molecule has 0 heterocycles. The van der Waals surface area contributed by atoms with Crippen molar-refractivity contribution in [2.24, 2.45) is 11.3 Å². The van der Waals surface area contributed by atoms with E-state index in [1.54, 1.807) is 0 Å². The Balaban J connectivity index is 1.84. The molecule has 2 fully saturated rings. The molecule has 0 aliphatic heterocycles. The third-order valence-corrected chi connectivity index (χ3v) is 5.85. The third kappa shape index (κ3) is 3.95. The summed E-state index contributed by atoms with van der Waals surface area (Å²) in [7, 11) is 2.29. The maximum Gasteiger partial charge on any atom is 0.0499 e. The van der Waals surface area contributed by atoms with E-state index < -0.39 is 0 Å². The Morgan fingerprint density at radius 3 is 2.21 bits per heavy atom. The van der Waals surface area contributed by atoms with Gasteiger partial charge in [0, 0.05) is 24.6 Å². The highest BCUT2D eigenvalue weighted by Crippen LogP contribution is 2.38. The van der Waals surface area contributed by atoms with E-state index in [4.69, 9.17) is 0 Å². The lowest BCUT2D eigenvalue weighted by atomic mass is 9.73. The normalized spacial score (nSPS) is 31.6. The summed E-state index contributed by atoms with van der Waals surface area (Å²) >= 11 is 0. The molecule has 0 atom stereocenters. The molecule has 2 saturated carbocycles. The predicted octanol–water partition coefficient (Wildman–Crippen LogP) is 3.83. The molecule has 2 aliphatic rings. The molecular weight excluding hydrogens is 234 g/mol. The maximum absolute atomic E-state index is 9.84. The summed E-state index contributed by atoms with van der Waals surface area (Å²) in [5.74, 6) is 0.978. The smallest absolute Gasteiger partial charge is 0.0499 e. The number of aliphatic hydroxyl groups excluding tert-OH is 1. The summed E-state index contributed by atoms with van der Waals surface area (Å²) in [4.78, 5) is 2.58. The summed E-state index contributed by atoms with van der Waals surface area (Å²) in [5, 5.41) is 9.84. The number of aliphatic hydroxyl groups is 1. The van der Waals surface area contributed by atoms with Crippen LogP contribution < -0.4 is 0 Å². The lowest BCUT2D eigenvalue weighted by molar-refractivity contribution is 0.0264. The van der Waals surface area contributed by atoms with Crippen LogP contribution >= 0.6 is 0 Å². The molecule has 2 aliphatic carbocycles. The molecule has 112 valence electrons. The topological polar surface area (TPSA) is 23.5 Å². The predicted molar refractivity (Wildman–Crippen MR) is 81.3 cm³/mol. The van der Waals surface area contributed by atoms with Crippen LogP contribution in [0.1, 0.15) is 71.1 Å². The zero-order chi connectivity index (χ0) is 13.7. The van der Waals surface area contributed by atoms with E-state index in [-0.39, 0.29) is 5.41 Å². The standard InChI is InChI=1S/C17H33NO/c1-3-15-7-9-16(10-8-15)18(2)13-17(14-19)11-5-4-6-12-17/h15-16,19H,3-14H2,1-2H3. The number of hydrogen-bond acceptors (Lipinski definition) is 2. The first kappa shape index (κ1) is 15.3. The van der Waals surface area contributed by atoms with E-state index in [0.29, 0.717) is 6.61 Å². The highest BCUT2D eigenvalue weighted by atomic mass is 16.3. The van der Waals surface area contributed by atoms with Gasteiger partial charge < -0.3 is 10.0 Å². The average Bonchev–Trinajstić information content (AvgIpc) is 2.48. The molecule has 0 aromatic rings. The molecule has 0 radical (unpaired) electrons. The largest absolute Gasteiger partial charge is 0.396 e. The van der Waals surface area contributed by atoms with Crippen LogP contribution in [0, 0.1) is 11.3 Å². The van der Waals surface area contributed by atoms with E-state index in [2.05, 4.69) is 18.9 Å². The second-order valence-corrected chi connectivity index (χ2v) is 7.22. The molecule has 0 bridgehead atoms. The molecule has 2 heteroatoms. The second kappa shape index (κ2) is 7.08. The van der Waals surface area contributed by atoms with Gasteiger partial charge in [-0.1, -0.05) is 32.6 Å². The zero-order valence-corrected chi connectivity index (χ0v) is 13.0. The lowest BCUT2D eigenvalue weighted by Gasteiger charge is -2.43. The minimum absolute atomic E-state index is 0.217. The first-order valence-corrected chi connectivity index (χ1v) is 8.50. The van der Waals surface area contributed by atoms with Gasteiger partial charge in [0.15, 0.2) is 0 Å². The second-order valence-electron chi connectivity index (χ2n) is 7.22. The van der Waals surface area contributed by atoms with Gasteiger partial charge in [-0.25, -0.2) is 0 Å². The minimum Gasteiger partial charge on any atom is -0.396 e. The van der Waals surface area contributed by atoms with Crippen molar-refractivity contribution in [1.29, 1.82) is 0 Å². The van der Waals surface area contributed by atoms with Crippen molar-refractivity contribution in [1.82, 2.24) is 4.90 Å². The number of hydrogen-bond donors (Lipinski definition) is 1. The molecular formula is C17H33NO. The Hall–Kier alpha value is -0.0800. The fraction of sp³-hybridized carbons (Fsp3) is 1.00. The van der Waals surface area contributed by atoms with E-state index in [1.165, 1.54) is 64.2 Å². The Kier molecular flexibility index (Phi) is 5.70. The maximum atomic E-state index is 9.84. The van der Waals surface area contributed by atoms with Crippen molar-refractivity contribution in [3.63, 3.8) is 0 Å². The fourth-order valence-corrected chi connectivity index (χ4v) is 4.32. The monoisotopic (exact) mass is 267 g/mol. The van der Waals surface area contributed by atoms with Gasteiger partial charge >= 0.3 is 0 Å². The van der Waals surface area contributed by atoms with Crippen molar-refractivity contribution in [2.45, 2.75) is 77.2 Å². The molecule has 2 nitrogen and oxygen atoms in total. The first-order chi connectivity index (χ1) is 9.19. The van der Waals surface area contributed by atoms with Crippen LogP contribution in [0.2, 0.25) is 0 Å². The minimum atomic E-state index is 0.217. The van der Waals surface area contributed by atoms with Crippen molar-refractivity contribution >= 4 is 0 Å². The lowest BCUT2D eigenvalue weighted by Crippen LogP contribution is -2.45. The Morgan fingerprint density at radius 2 is 1.68 bits per heavy atom. The summed E-state index contributed by atoms with van der Waals surface area (Å²) in [5.41, 5.74) is 0.217. The van der Waals surface area contributed by atoms with Gasteiger partial charge in [0.1, 0.15) is 0 Å². The van der Waals surface area contributed by atoms with Crippen molar-refractivity contribution < 1.29 is 5.11 Å². The SMILES string of the molecule is CCC1CCC(N(C)CC2(CO)CCCCC2)CC1. The summed E-state index contributed by atoms with van der Waals surface area (Å²) in [6.45, 7) is 3.84. The van der Waals surface area contributed by atoms with Crippen LogP contribution in [-0.4, -0.2) is 36.2 Å². The molecule has 0 spiro atoms. The first-order valence-electron chi connectivity index (χ1n) is 8.50. The van der Waals surface area contributed by atoms with Gasteiger partial charge in [-0.05, 0) is 51.5 Å². The Labute approximate surface area is 119 Å². The van der Waals surface area contributed by atoms with Crippen molar-refractivity contribution in [3.05, 3.63) is 0 Å². The van der Waals surface area contributed by atoms with E-state index in [0.717, 1.165) is 18.5 Å². The van der Waals surface area contributed by atoms with Crippen LogP contribution in [0.4, 0.5) is 0 Å². The quantitative estimate of drug-likeness (QED) is 0.818. The molecule has 0 unspecified atom stereocenters. The molecule has 0 amide bonds. The highest BCUT2D eigenvalue weighted by Gasteiger charge is 2.34. The van der Waals surface area contributed by atoms with Gasteiger partial charge in [0.25, 0.3) is 0 Å². The zero-order valence-electron chi connectivity index (χ0n) is 13.0. The Morgan fingerprint density at radius 1 is 1.05 bits per heavy atom. The Bertz CT molecular complexity index is 252. The molecule has 0 aromatic heterocycles. The van der Waals surface area contributed by atoms with Crippen LogP contribution in [0.3, 0.4) is 0 Å². The van der Waals surface area contributed by atoms with Gasteiger partial charge in [-0.3, -0.25) is 0 Å². The van der Waals surface area contributed by atoms with E-state index in [1.807, 2.05) is 0 Å². The molecule has 19 heavy (non-hydrogen) atoms. The molecule has 0 saturated heterocycles. The van der Waals surface area contributed by atoms with Crippen LogP contribution in [0.25, 0.3) is 0 Å². The van der Waals surface area contributed by atoms with E-state index >= 15 is 0 Å². The fourth-order valence-electron chi connectivity index (χ4n) is 4.32. The number of nitrogens with zero attached hydrogens (tertiary/aromatic N) is 1. The highest BCUT2D eigenvalue weighted by molar-refractivity contribution is 4.87. The molecule has 0 aromatic carbocycles. The molecule has 1 N–H and O–H groups in total. The summed E-state index contributed by atoms with van der Waals surface area (Å²) in [6, 6.07) is 0.771. The molecule has 2 rings (SSSR count). The van der Waals surface area contributed by atoms with Crippen LogP contribution in [0.15, 0.2) is 0 Å². The third-order valence-electron chi connectivity index (χ3n) is 5.85. The van der Waals surface area contributed by atoms with Crippen molar-refractivity contribution in [3.8, 4) is 0 Å². The van der Waals surface area contributed by atoms with Crippen LogP contribution in [0.5, 0.6) is 0 Å². The number of rotatable bonds is 5.